The van der Waals surface area contributed by atoms with Crippen LogP contribution in [0.25, 0.3) is 28.5 Å². The summed E-state index contributed by atoms with van der Waals surface area (Å²) in [7, 11) is 0. The van der Waals surface area contributed by atoms with E-state index in [4.69, 9.17) is 9.78 Å². The number of aryl methyl sites for hydroxylation is 1. The van der Waals surface area contributed by atoms with Gasteiger partial charge in [0.25, 0.3) is 5.89 Å². The van der Waals surface area contributed by atoms with Crippen LogP contribution in [0.2, 0.25) is 0 Å². The van der Waals surface area contributed by atoms with Gasteiger partial charge >= 0.3 is 5.69 Å². The molecular formula is C24H17N7O3. The Morgan fingerprint density at radius 2 is 2.00 bits per heavy atom. The molecule has 0 aliphatic carbocycles. The number of nitriles is 1. The molecule has 3 aromatic heterocycles. The summed E-state index contributed by atoms with van der Waals surface area (Å²) in [4.78, 5) is 29.8. The van der Waals surface area contributed by atoms with E-state index < -0.39 is 11.6 Å². The van der Waals surface area contributed by atoms with E-state index in [1.807, 2.05) is 37.3 Å². The van der Waals surface area contributed by atoms with Gasteiger partial charge in [-0.2, -0.15) is 10.2 Å². The fourth-order valence-corrected chi connectivity index (χ4v) is 3.55. The highest BCUT2D eigenvalue weighted by Gasteiger charge is 2.18. The summed E-state index contributed by atoms with van der Waals surface area (Å²) < 4.78 is 7.82. The minimum Gasteiger partial charge on any atom is -0.333 e. The molecule has 0 saturated heterocycles. The van der Waals surface area contributed by atoms with Crippen LogP contribution < -0.4 is 11.0 Å². The van der Waals surface area contributed by atoms with Gasteiger partial charge in [0.2, 0.25) is 11.7 Å². The molecule has 0 atom stereocenters. The van der Waals surface area contributed by atoms with Crippen LogP contribution in [0.3, 0.4) is 0 Å². The summed E-state index contributed by atoms with van der Waals surface area (Å²) in [5.41, 5.74) is 3.00. The first-order chi connectivity index (χ1) is 16.5. The van der Waals surface area contributed by atoms with Crippen molar-refractivity contribution in [2.75, 3.05) is 5.32 Å². The lowest BCUT2D eigenvalue weighted by atomic mass is 10.1. The van der Waals surface area contributed by atoms with Crippen molar-refractivity contribution >= 4 is 17.2 Å². The minimum absolute atomic E-state index is 0.206. The number of carbonyl (C=O) groups is 1. The van der Waals surface area contributed by atoms with Gasteiger partial charge in [0.15, 0.2) is 5.65 Å². The van der Waals surface area contributed by atoms with E-state index in [-0.39, 0.29) is 18.1 Å². The zero-order chi connectivity index (χ0) is 23.7. The van der Waals surface area contributed by atoms with Crippen molar-refractivity contribution in [3.8, 4) is 28.9 Å². The van der Waals surface area contributed by atoms with Crippen LogP contribution in [0.15, 0.2) is 76.2 Å². The Morgan fingerprint density at radius 1 is 1.15 bits per heavy atom. The normalized spacial score (nSPS) is 10.8. The highest BCUT2D eigenvalue weighted by Crippen LogP contribution is 2.25. The summed E-state index contributed by atoms with van der Waals surface area (Å²) in [6.45, 7) is 1.66. The van der Waals surface area contributed by atoms with Gasteiger partial charge in [-0.3, -0.25) is 4.79 Å². The topological polar surface area (TPSA) is 131 Å². The Hall–Kier alpha value is -5.04. The Morgan fingerprint density at radius 3 is 2.82 bits per heavy atom. The van der Waals surface area contributed by atoms with Crippen LogP contribution in [0.1, 0.15) is 11.1 Å². The van der Waals surface area contributed by atoms with Crippen molar-refractivity contribution in [3.05, 3.63) is 88.5 Å². The van der Waals surface area contributed by atoms with Crippen molar-refractivity contribution < 1.29 is 9.32 Å². The second kappa shape index (κ2) is 8.48. The number of hydrogen-bond acceptors (Lipinski definition) is 7. The van der Waals surface area contributed by atoms with Crippen molar-refractivity contribution in [2.24, 2.45) is 0 Å². The van der Waals surface area contributed by atoms with Crippen molar-refractivity contribution in [2.45, 2.75) is 13.5 Å². The van der Waals surface area contributed by atoms with Crippen LogP contribution >= 0.6 is 0 Å². The number of nitrogens with one attached hydrogen (secondary N) is 1. The van der Waals surface area contributed by atoms with Gasteiger partial charge in [-0.1, -0.05) is 35.0 Å². The predicted octanol–water partition coefficient (Wildman–Crippen LogP) is 3.03. The number of fused-ring (bicyclic) bond motifs is 1. The Balaban J connectivity index is 1.45. The van der Waals surface area contributed by atoms with Crippen LogP contribution in [0, 0.1) is 18.3 Å². The lowest BCUT2D eigenvalue weighted by Crippen LogP contribution is -2.28. The quantitative estimate of drug-likeness (QED) is 0.434. The number of rotatable bonds is 5. The summed E-state index contributed by atoms with van der Waals surface area (Å²) in [5, 5.41) is 20.1. The van der Waals surface area contributed by atoms with Crippen LogP contribution in [0.4, 0.5) is 5.69 Å². The second-order valence-corrected chi connectivity index (χ2v) is 7.59. The number of aromatic nitrogens is 5. The smallest absolute Gasteiger partial charge is 0.333 e. The molecule has 10 heteroatoms. The standard InChI is InChI=1S/C24H17N7O3/c1-15-5-2-7-17(11-15)21-27-23(34-29-21)19-9-4-10-30-22(19)28-31(24(30)33)14-20(32)26-18-8-3-6-16(12-18)13-25/h2-12H,14H2,1H3,(H,26,32). The van der Waals surface area contributed by atoms with E-state index in [2.05, 4.69) is 20.6 Å². The monoisotopic (exact) mass is 451 g/mol. The third-order valence-corrected chi connectivity index (χ3v) is 5.11. The van der Waals surface area contributed by atoms with Crippen LogP contribution in [0.5, 0.6) is 0 Å². The van der Waals surface area contributed by atoms with E-state index in [1.165, 1.54) is 4.40 Å². The molecule has 1 amide bonds. The highest BCUT2D eigenvalue weighted by atomic mass is 16.5. The van der Waals surface area contributed by atoms with Gasteiger partial charge < -0.3 is 9.84 Å². The SMILES string of the molecule is Cc1cccc(-c2noc(-c3cccn4c(=O)n(CC(=O)Nc5cccc(C#N)c5)nc34)n2)c1. The number of anilines is 1. The van der Waals surface area contributed by atoms with Crippen molar-refractivity contribution in [1.29, 1.82) is 5.26 Å². The first kappa shape index (κ1) is 20.8. The number of nitrogens with zero attached hydrogens (tertiary/aromatic N) is 6. The number of pyridine rings is 1. The molecular weight excluding hydrogens is 434 g/mol. The van der Waals surface area contributed by atoms with Gasteiger partial charge in [-0.15, -0.1) is 5.10 Å². The molecule has 5 aromatic rings. The zero-order valence-corrected chi connectivity index (χ0v) is 18.0. The molecule has 0 aliphatic rings. The Labute approximate surface area is 192 Å². The number of amides is 1. The highest BCUT2D eigenvalue weighted by molar-refractivity contribution is 5.90. The molecule has 0 fully saturated rings. The molecule has 34 heavy (non-hydrogen) atoms. The van der Waals surface area contributed by atoms with Crippen LogP contribution in [-0.4, -0.2) is 30.2 Å². The molecule has 2 aromatic carbocycles. The molecule has 0 saturated carbocycles. The summed E-state index contributed by atoms with van der Waals surface area (Å²) >= 11 is 0. The van der Waals surface area contributed by atoms with Gasteiger partial charge in [0.1, 0.15) is 6.54 Å². The largest absolute Gasteiger partial charge is 0.350 e. The third-order valence-electron chi connectivity index (χ3n) is 5.11. The average molecular weight is 451 g/mol. The maximum absolute atomic E-state index is 12.8. The second-order valence-electron chi connectivity index (χ2n) is 7.59. The van der Waals surface area contributed by atoms with Crippen molar-refractivity contribution in [3.63, 3.8) is 0 Å². The molecule has 0 aliphatic heterocycles. The first-order valence-electron chi connectivity index (χ1n) is 10.3. The summed E-state index contributed by atoms with van der Waals surface area (Å²) in [5.74, 6) is 0.167. The fourth-order valence-electron chi connectivity index (χ4n) is 3.55. The van der Waals surface area contributed by atoms with E-state index in [1.54, 1.807) is 42.6 Å². The molecule has 0 spiro atoms. The fraction of sp³-hybridized carbons (Fsp3) is 0.0833. The average Bonchev–Trinajstić information content (AvgIpc) is 3.45. The van der Waals surface area contributed by atoms with E-state index in [0.717, 1.165) is 15.8 Å². The van der Waals surface area contributed by atoms with E-state index in [0.29, 0.717) is 22.6 Å². The van der Waals surface area contributed by atoms with E-state index >= 15 is 0 Å². The maximum Gasteiger partial charge on any atom is 0.350 e. The molecule has 0 radical (unpaired) electrons. The van der Waals surface area contributed by atoms with Gasteiger partial charge in [-0.05, 0) is 43.3 Å². The lowest BCUT2D eigenvalue weighted by Gasteiger charge is -2.04. The van der Waals surface area contributed by atoms with Crippen molar-refractivity contribution in [1.82, 2.24) is 24.3 Å². The number of hydrogen-bond donors (Lipinski definition) is 1. The zero-order valence-electron chi connectivity index (χ0n) is 18.0. The maximum atomic E-state index is 12.8. The van der Waals surface area contributed by atoms with E-state index in [9.17, 15) is 9.59 Å². The van der Waals surface area contributed by atoms with Gasteiger partial charge in [0, 0.05) is 17.4 Å². The van der Waals surface area contributed by atoms with Gasteiger partial charge in [-0.25, -0.2) is 13.9 Å². The summed E-state index contributed by atoms with van der Waals surface area (Å²) in [6.07, 6.45) is 1.55. The molecule has 10 nitrogen and oxygen atoms in total. The summed E-state index contributed by atoms with van der Waals surface area (Å²) in [6, 6.07) is 19.6. The minimum atomic E-state index is -0.490. The third kappa shape index (κ3) is 3.93. The Bertz CT molecular complexity index is 1640. The van der Waals surface area contributed by atoms with Gasteiger partial charge in [0.05, 0.1) is 17.2 Å². The molecule has 0 bridgehead atoms. The first-order valence-corrected chi connectivity index (χ1v) is 10.3. The van der Waals surface area contributed by atoms with Crippen LogP contribution in [-0.2, 0) is 11.3 Å². The Kier molecular flexibility index (Phi) is 5.20. The molecule has 5 rings (SSSR count). The predicted molar refractivity (Wildman–Crippen MR) is 123 cm³/mol. The number of benzene rings is 2. The molecule has 0 unspecified atom stereocenters. The molecule has 3 heterocycles. The molecule has 166 valence electrons. The number of carbonyl (C=O) groups excluding carboxylic acids is 1. The molecule has 1 N–H and O–H groups in total. The lowest BCUT2D eigenvalue weighted by molar-refractivity contribution is -0.117.